The maximum absolute atomic E-state index is 13.7. The molecule has 1 aromatic heterocycles. The van der Waals surface area contributed by atoms with Gasteiger partial charge in [0.1, 0.15) is 11.9 Å². The number of hydrogen-bond donors (Lipinski definition) is 1. The zero-order valence-corrected chi connectivity index (χ0v) is 11.9. The van der Waals surface area contributed by atoms with Gasteiger partial charge >= 0.3 is 0 Å². The molecule has 2 rings (SSSR count). The highest BCUT2D eigenvalue weighted by Gasteiger charge is 2.17. The quantitative estimate of drug-likeness (QED) is 0.831. The Bertz CT molecular complexity index is 512. The van der Waals surface area contributed by atoms with Crippen molar-refractivity contribution >= 4 is 43.2 Å². The summed E-state index contributed by atoms with van der Waals surface area (Å²) in [5.74, 6) is -0.417. The van der Waals surface area contributed by atoms with Crippen molar-refractivity contribution in [1.29, 1.82) is 0 Å². The highest BCUT2D eigenvalue weighted by molar-refractivity contribution is 9.10. The molecule has 0 saturated carbocycles. The molecule has 0 aliphatic rings. The van der Waals surface area contributed by atoms with Crippen molar-refractivity contribution in [2.75, 3.05) is 0 Å². The Morgan fingerprint density at radius 3 is 2.69 bits per heavy atom. The molecular weight excluding hydrogens is 359 g/mol. The standard InChI is InChI=1S/C11H7Br2FOS/c12-6-4-9(16-5-6)11(15)7-2-1-3-8(13)10(7)14/h1-5,11,15H. The minimum absolute atomic E-state index is 0.281. The summed E-state index contributed by atoms with van der Waals surface area (Å²) < 4.78 is 15.0. The van der Waals surface area contributed by atoms with Gasteiger partial charge in [0.2, 0.25) is 0 Å². The van der Waals surface area contributed by atoms with Gasteiger partial charge in [0.05, 0.1) is 4.47 Å². The first kappa shape index (κ1) is 12.2. The fourth-order valence-corrected chi connectivity index (χ4v) is 3.18. The van der Waals surface area contributed by atoms with E-state index < -0.39 is 11.9 Å². The molecule has 1 heterocycles. The second-order valence-corrected chi connectivity index (χ2v) is 5.93. The van der Waals surface area contributed by atoms with E-state index in [0.29, 0.717) is 9.35 Å². The van der Waals surface area contributed by atoms with Gasteiger partial charge in [-0.2, -0.15) is 0 Å². The van der Waals surface area contributed by atoms with Gasteiger partial charge in [-0.05, 0) is 44.0 Å². The van der Waals surface area contributed by atoms with Crippen molar-refractivity contribution in [1.82, 2.24) is 0 Å². The van der Waals surface area contributed by atoms with Gasteiger partial charge in [-0.3, -0.25) is 0 Å². The lowest BCUT2D eigenvalue weighted by molar-refractivity contribution is 0.218. The Hall–Kier alpha value is -0.230. The lowest BCUT2D eigenvalue weighted by atomic mass is 10.1. The van der Waals surface area contributed by atoms with E-state index in [1.165, 1.54) is 11.3 Å². The Kier molecular flexibility index (Phi) is 3.79. The number of halogens is 3. The van der Waals surface area contributed by atoms with Crippen molar-refractivity contribution in [2.24, 2.45) is 0 Å². The van der Waals surface area contributed by atoms with Gasteiger partial charge < -0.3 is 5.11 Å². The lowest BCUT2D eigenvalue weighted by Gasteiger charge is -2.10. The number of aliphatic hydroxyl groups is 1. The van der Waals surface area contributed by atoms with Crippen LogP contribution in [0.2, 0.25) is 0 Å². The summed E-state index contributed by atoms with van der Waals surface area (Å²) in [5.41, 5.74) is 0.281. The molecule has 0 spiro atoms. The van der Waals surface area contributed by atoms with E-state index in [4.69, 9.17) is 0 Å². The van der Waals surface area contributed by atoms with Crippen LogP contribution in [0.4, 0.5) is 4.39 Å². The molecule has 0 radical (unpaired) electrons. The van der Waals surface area contributed by atoms with Crippen LogP contribution in [0.5, 0.6) is 0 Å². The molecule has 0 amide bonds. The molecule has 84 valence electrons. The molecule has 1 nitrogen and oxygen atoms in total. The van der Waals surface area contributed by atoms with Crippen LogP contribution in [0.15, 0.2) is 38.6 Å². The van der Waals surface area contributed by atoms with Crippen LogP contribution in [-0.2, 0) is 0 Å². The molecule has 2 aromatic rings. The van der Waals surface area contributed by atoms with Crippen LogP contribution in [0.25, 0.3) is 0 Å². The number of thiophene rings is 1. The monoisotopic (exact) mass is 364 g/mol. The van der Waals surface area contributed by atoms with Gasteiger partial charge in [-0.25, -0.2) is 4.39 Å². The third-order valence-electron chi connectivity index (χ3n) is 2.13. The highest BCUT2D eigenvalue weighted by Crippen LogP contribution is 2.32. The summed E-state index contributed by atoms with van der Waals surface area (Å²) in [6, 6.07) is 6.68. The molecule has 1 N–H and O–H groups in total. The summed E-state index contributed by atoms with van der Waals surface area (Å²) in [4.78, 5) is 0.712. The first-order valence-electron chi connectivity index (χ1n) is 4.45. The maximum atomic E-state index is 13.7. The normalized spacial score (nSPS) is 12.8. The number of rotatable bonds is 2. The average Bonchev–Trinajstić information content (AvgIpc) is 2.68. The molecule has 0 bridgehead atoms. The molecule has 1 atom stereocenters. The van der Waals surface area contributed by atoms with E-state index in [9.17, 15) is 9.50 Å². The minimum atomic E-state index is -0.922. The third-order valence-corrected chi connectivity index (χ3v) is 4.49. The summed E-state index contributed by atoms with van der Waals surface area (Å²) in [7, 11) is 0. The largest absolute Gasteiger partial charge is 0.383 e. The maximum Gasteiger partial charge on any atom is 0.143 e. The van der Waals surface area contributed by atoms with Gasteiger partial charge in [-0.15, -0.1) is 11.3 Å². The van der Waals surface area contributed by atoms with Crippen molar-refractivity contribution in [2.45, 2.75) is 6.10 Å². The Labute approximate surface area is 113 Å². The van der Waals surface area contributed by atoms with Crippen LogP contribution in [0.1, 0.15) is 16.5 Å². The van der Waals surface area contributed by atoms with Crippen LogP contribution in [-0.4, -0.2) is 5.11 Å². The average molecular weight is 366 g/mol. The fourth-order valence-electron chi connectivity index (χ4n) is 1.36. The number of aliphatic hydroxyl groups excluding tert-OH is 1. The van der Waals surface area contributed by atoms with Crippen LogP contribution in [0, 0.1) is 5.82 Å². The topological polar surface area (TPSA) is 20.2 Å². The van der Waals surface area contributed by atoms with Crippen molar-refractivity contribution in [3.8, 4) is 0 Å². The molecule has 16 heavy (non-hydrogen) atoms. The molecule has 1 unspecified atom stereocenters. The zero-order chi connectivity index (χ0) is 11.7. The molecule has 0 saturated heterocycles. The van der Waals surface area contributed by atoms with Gasteiger partial charge in [-0.1, -0.05) is 12.1 Å². The van der Waals surface area contributed by atoms with Crippen molar-refractivity contribution in [3.05, 3.63) is 54.8 Å². The summed E-state index contributed by atoms with van der Waals surface area (Å²) in [5, 5.41) is 11.9. The smallest absolute Gasteiger partial charge is 0.143 e. The summed E-state index contributed by atoms with van der Waals surface area (Å²) >= 11 is 7.79. The van der Waals surface area contributed by atoms with E-state index in [1.807, 2.05) is 5.38 Å². The Balaban J connectivity index is 2.41. The SMILES string of the molecule is OC(c1cc(Br)cs1)c1cccc(Br)c1F. The third kappa shape index (κ3) is 2.37. The van der Waals surface area contributed by atoms with Crippen LogP contribution >= 0.6 is 43.2 Å². The second-order valence-electron chi connectivity index (χ2n) is 3.21. The summed E-state index contributed by atoms with van der Waals surface area (Å²) in [6.45, 7) is 0. The molecule has 0 fully saturated rings. The predicted molar refractivity (Wildman–Crippen MR) is 70.2 cm³/mol. The van der Waals surface area contributed by atoms with E-state index in [2.05, 4.69) is 31.9 Å². The Morgan fingerprint density at radius 2 is 2.06 bits per heavy atom. The van der Waals surface area contributed by atoms with E-state index >= 15 is 0 Å². The van der Waals surface area contributed by atoms with E-state index in [0.717, 1.165) is 4.47 Å². The van der Waals surface area contributed by atoms with Gasteiger partial charge in [0, 0.05) is 20.3 Å². The Morgan fingerprint density at radius 1 is 1.31 bits per heavy atom. The zero-order valence-electron chi connectivity index (χ0n) is 7.95. The lowest BCUT2D eigenvalue weighted by Crippen LogP contribution is -2.00. The van der Waals surface area contributed by atoms with Crippen LogP contribution < -0.4 is 0 Å². The molecular formula is C11H7Br2FOS. The van der Waals surface area contributed by atoms with Gasteiger partial charge in [0.15, 0.2) is 0 Å². The highest BCUT2D eigenvalue weighted by atomic mass is 79.9. The van der Waals surface area contributed by atoms with Crippen LogP contribution in [0.3, 0.4) is 0 Å². The minimum Gasteiger partial charge on any atom is -0.383 e. The second kappa shape index (κ2) is 4.96. The predicted octanol–water partition coefficient (Wildman–Crippen LogP) is 4.49. The van der Waals surface area contributed by atoms with Crippen molar-refractivity contribution < 1.29 is 9.50 Å². The first-order valence-corrected chi connectivity index (χ1v) is 6.92. The van der Waals surface area contributed by atoms with E-state index in [1.54, 1.807) is 24.3 Å². The summed E-state index contributed by atoms with van der Waals surface area (Å²) in [6.07, 6.45) is -0.922. The first-order chi connectivity index (χ1) is 7.59. The molecule has 5 heteroatoms. The number of hydrogen-bond acceptors (Lipinski definition) is 2. The van der Waals surface area contributed by atoms with Crippen molar-refractivity contribution in [3.63, 3.8) is 0 Å². The fraction of sp³-hybridized carbons (Fsp3) is 0.0909. The van der Waals surface area contributed by atoms with Gasteiger partial charge in [0.25, 0.3) is 0 Å². The molecule has 1 aromatic carbocycles. The number of benzene rings is 1. The van der Waals surface area contributed by atoms with E-state index in [-0.39, 0.29) is 5.56 Å². The molecule has 0 aliphatic heterocycles. The molecule has 0 aliphatic carbocycles.